The lowest BCUT2D eigenvalue weighted by molar-refractivity contribution is 0.620. The molecule has 2 aromatic heterocycles. The summed E-state index contributed by atoms with van der Waals surface area (Å²) in [7, 11) is 0. The second kappa shape index (κ2) is 13.7. The molecule has 2 heterocycles. The van der Waals surface area contributed by atoms with Crippen LogP contribution in [0.1, 0.15) is 12.8 Å². The Kier molecular flexibility index (Phi) is 7.92. The van der Waals surface area contributed by atoms with Gasteiger partial charge in [-0.1, -0.05) is 127 Å². The van der Waals surface area contributed by atoms with Crippen molar-refractivity contribution in [2.75, 3.05) is 4.90 Å². The van der Waals surface area contributed by atoms with Crippen molar-refractivity contribution in [1.82, 2.24) is 9.55 Å². The minimum absolute atomic E-state index is 0.628. The van der Waals surface area contributed by atoms with Gasteiger partial charge in [0.05, 0.1) is 11.0 Å². The zero-order chi connectivity index (χ0) is 37.7. The molecule has 1 aliphatic carbocycles. The van der Waals surface area contributed by atoms with E-state index in [0.717, 1.165) is 68.5 Å². The first-order chi connectivity index (χ1) is 28.3. The third-order valence-corrected chi connectivity index (χ3v) is 11.2. The zero-order valence-electron chi connectivity index (χ0n) is 31.2. The molecule has 0 saturated carbocycles. The second-order valence-corrected chi connectivity index (χ2v) is 14.7. The van der Waals surface area contributed by atoms with Gasteiger partial charge in [0, 0.05) is 44.5 Å². The average Bonchev–Trinajstić information content (AvgIpc) is 3.88. The summed E-state index contributed by atoms with van der Waals surface area (Å²) < 4.78 is 8.73. The Hall–Kier alpha value is -7.43. The number of hydrogen-bond donors (Lipinski definition) is 0. The highest BCUT2D eigenvalue weighted by Crippen LogP contribution is 2.42. The normalized spacial score (nSPS) is 12.8. The molecule has 1 aliphatic rings. The number of para-hydroxylation sites is 1. The van der Waals surface area contributed by atoms with Crippen molar-refractivity contribution in [2.24, 2.45) is 0 Å². The predicted octanol–water partition coefficient (Wildman–Crippen LogP) is 14.8. The van der Waals surface area contributed by atoms with Gasteiger partial charge in [-0.15, -0.1) is 0 Å². The number of oxazole rings is 1. The number of fused-ring (bicyclic) bond motifs is 6. The van der Waals surface area contributed by atoms with Gasteiger partial charge in [-0.3, -0.25) is 0 Å². The standard InChI is InChI=1S/C53H37N3O/c1-4-14-36(15-5-1)40-19-12-22-43(34-40)55(44-31-32-49-47(35-44)46-23-10-11-25-48(46)56(49)41-20-8-3-9-21-41)42-29-26-37(27-30-42)45-24-13-18-38-28-33-50-52(51(38)45)54-53(57-50)39-16-6-2-7-17-39/h1-2,4-8,10-35H,3,9H2. The van der Waals surface area contributed by atoms with E-state index in [4.69, 9.17) is 9.40 Å². The van der Waals surface area contributed by atoms with E-state index in [1.165, 1.54) is 38.6 Å². The lowest BCUT2D eigenvalue weighted by Gasteiger charge is -2.26. The number of nitrogens with zero attached hydrogens (tertiary/aromatic N) is 3. The molecule has 0 unspecified atom stereocenters. The fraction of sp³-hybridized carbons (Fsp3) is 0.0377. The zero-order valence-corrected chi connectivity index (χ0v) is 31.2. The van der Waals surface area contributed by atoms with Crippen molar-refractivity contribution in [2.45, 2.75) is 12.8 Å². The third kappa shape index (κ3) is 5.73. The molecule has 0 radical (unpaired) electrons. The minimum Gasteiger partial charge on any atom is -0.436 e. The van der Waals surface area contributed by atoms with Crippen LogP contribution < -0.4 is 4.90 Å². The van der Waals surface area contributed by atoms with Gasteiger partial charge in [0.25, 0.3) is 0 Å². The number of aromatic nitrogens is 2. The first kappa shape index (κ1) is 33.0. The first-order valence-electron chi connectivity index (χ1n) is 19.6. The Morgan fingerprint density at radius 1 is 0.509 bits per heavy atom. The fourth-order valence-corrected chi connectivity index (χ4v) is 8.54. The first-order valence-corrected chi connectivity index (χ1v) is 19.6. The van der Waals surface area contributed by atoms with Crippen LogP contribution in [-0.2, 0) is 0 Å². The molecule has 8 aromatic carbocycles. The van der Waals surface area contributed by atoms with Crippen molar-refractivity contribution in [3.63, 3.8) is 0 Å². The molecule has 11 rings (SSSR count). The summed E-state index contributed by atoms with van der Waals surface area (Å²) >= 11 is 0. The minimum atomic E-state index is 0.628. The maximum atomic E-state index is 6.31. The lowest BCUT2D eigenvalue weighted by Crippen LogP contribution is -2.10. The van der Waals surface area contributed by atoms with E-state index in [9.17, 15) is 0 Å². The number of hydrogen-bond acceptors (Lipinski definition) is 3. The number of allylic oxidation sites excluding steroid dienone is 4. The summed E-state index contributed by atoms with van der Waals surface area (Å²) in [6.07, 6.45) is 9.04. The largest absolute Gasteiger partial charge is 0.436 e. The molecule has 10 aromatic rings. The van der Waals surface area contributed by atoms with Gasteiger partial charge < -0.3 is 13.9 Å². The van der Waals surface area contributed by atoms with Gasteiger partial charge in [-0.2, -0.15) is 0 Å². The van der Waals surface area contributed by atoms with E-state index < -0.39 is 0 Å². The van der Waals surface area contributed by atoms with Crippen molar-refractivity contribution >= 4 is 66.4 Å². The maximum absolute atomic E-state index is 6.31. The molecule has 0 aliphatic heterocycles. The summed E-state index contributed by atoms with van der Waals surface area (Å²) in [5.74, 6) is 0.628. The topological polar surface area (TPSA) is 34.2 Å². The summed E-state index contributed by atoms with van der Waals surface area (Å²) in [6.45, 7) is 0. The molecule has 57 heavy (non-hydrogen) atoms. The number of benzene rings is 8. The van der Waals surface area contributed by atoms with E-state index in [-0.39, 0.29) is 0 Å². The summed E-state index contributed by atoms with van der Waals surface area (Å²) in [5, 5.41) is 4.69. The Bertz CT molecular complexity index is 3170. The maximum Gasteiger partial charge on any atom is 0.227 e. The summed E-state index contributed by atoms with van der Waals surface area (Å²) in [5.41, 5.74) is 14.1. The van der Waals surface area contributed by atoms with Crippen LogP contribution in [0.2, 0.25) is 0 Å². The average molecular weight is 732 g/mol. The smallest absolute Gasteiger partial charge is 0.227 e. The molecule has 0 N–H and O–H groups in total. The molecule has 4 heteroatoms. The molecular formula is C53H37N3O. The van der Waals surface area contributed by atoms with Gasteiger partial charge in [0.2, 0.25) is 5.89 Å². The van der Waals surface area contributed by atoms with Crippen LogP contribution in [0.4, 0.5) is 17.1 Å². The molecule has 0 spiro atoms. The summed E-state index contributed by atoms with van der Waals surface area (Å²) in [6, 6.07) is 64.9. The molecule has 0 atom stereocenters. The van der Waals surface area contributed by atoms with Gasteiger partial charge in [0.1, 0.15) is 5.52 Å². The Labute approximate surface area is 330 Å². The van der Waals surface area contributed by atoms with Crippen LogP contribution in [0.25, 0.3) is 83.1 Å². The second-order valence-electron chi connectivity index (χ2n) is 14.7. The van der Waals surface area contributed by atoms with Crippen molar-refractivity contribution < 1.29 is 4.42 Å². The van der Waals surface area contributed by atoms with Gasteiger partial charge in [-0.25, -0.2) is 4.98 Å². The Morgan fingerprint density at radius 3 is 2.05 bits per heavy atom. The molecule has 0 fully saturated rings. The van der Waals surface area contributed by atoms with Crippen LogP contribution in [0.15, 0.2) is 205 Å². The molecule has 0 amide bonds. The van der Waals surface area contributed by atoms with Crippen LogP contribution in [-0.4, -0.2) is 9.55 Å². The predicted molar refractivity (Wildman–Crippen MR) is 238 cm³/mol. The van der Waals surface area contributed by atoms with Crippen LogP contribution in [0.3, 0.4) is 0 Å². The van der Waals surface area contributed by atoms with Crippen LogP contribution in [0, 0.1) is 0 Å². The van der Waals surface area contributed by atoms with Crippen molar-refractivity contribution in [1.29, 1.82) is 0 Å². The SMILES string of the molecule is C1=CC(n2c3ccccc3c3cc(N(c4ccc(-c5cccc6ccc7oc(-c8ccccc8)nc7c56)cc4)c4cccc(-c5ccccc5)c4)ccc32)=CCC1. The van der Waals surface area contributed by atoms with Gasteiger partial charge in [0.15, 0.2) is 5.58 Å². The number of anilines is 3. The van der Waals surface area contributed by atoms with Gasteiger partial charge in [-0.05, 0) is 113 Å². The van der Waals surface area contributed by atoms with E-state index >= 15 is 0 Å². The van der Waals surface area contributed by atoms with E-state index in [1.54, 1.807) is 0 Å². The van der Waals surface area contributed by atoms with Crippen LogP contribution >= 0.6 is 0 Å². The highest BCUT2D eigenvalue weighted by atomic mass is 16.3. The molecule has 0 saturated heterocycles. The lowest BCUT2D eigenvalue weighted by atomic mass is 9.97. The van der Waals surface area contributed by atoms with E-state index in [2.05, 4.69) is 173 Å². The molecule has 270 valence electrons. The highest BCUT2D eigenvalue weighted by Gasteiger charge is 2.20. The van der Waals surface area contributed by atoms with E-state index in [0.29, 0.717) is 5.89 Å². The molecule has 4 nitrogen and oxygen atoms in total. The van der Waals surface area contributed by atoms with Crippen molar-refractivity contribution in [3.8, 4) is 33.7 Å². The number of rotatable bonds is 7. The van der Waals surface area contributed by atoms with Crippen LogP contribution in [0.5, 0.6) is 0 Å². The monoisotopic (exact) mass is 731 g/mol. The molecular weight excluding hydrogens is 695 g/mol. The van der Waals surface area contributed by atoms with Gasteiger partial charge >= 0.3 is 0 Å². The Balaban J connectivity index is 1.07. The fourth-order valence-electron chi connectivity index (χ4n) is 8.54. The summed E-state index contributed by atoms with van der Waals surface area (Å²) in [4.78, 5) is 7.43. The molecule has 0 bridgehead atoms. The Morgan fingerprint density at radius 2 is 1.23 bits per heavy atom. The third-order valence-electron chi connectivity index (χ3n) is 11.2. The van der Waals surface area contributed by atoms with Crippen molar-refractivity contribution in [3.05, 3.63) is 200 Å². The highest BCUT2D eigenvalue weighted by molar-refractivity contribution is 6.13. The van der Waals surface area contributed by atoms with E-state index in [1.807, 2.05) is 36.4 Å². The quantitative estimate of drug-likeness (QED) is 0.164.